The van der Waals surface area contributed by atoms with Crippen molar-refractivity contribution in [2.75, 3.05) is 11.4 Å². The van der Waals surface area contributed by atoms with E-state index in [2.05, 4.69) is 9.88 Å². The second-order valence-electron chi connectivity index (χ2n) is 4.23. The quantitative estimate of drug-likeness (QED) is 0.844. The molecule has 1 heterocycles. The highest BCUT2D eigenvalue weighted by Gasteiger charge is 2.09. The van der Waals surface area contributed by atoms with E-state index in [9.17, 15) is 4.79 Å². The zero-order valence-corrected chi connectivity index (χ0v) is 11.3. The fraction of sp³-hybridized carbons (Fsp3) is 0.286. The van der Waals surface area contributed by atoms with Gasteiger partial charge in [-0.2, -0.15) is 0 Å². The molecule has 1 aromatic carbocycles. The molecule has 0 unspecified atom stereocenters. The molecule has 0 amide bonds. The monoisotopic (exact) mass is 276 g/mol. The number of hydrogen-bond acceptors (Lipinski definition) is 4. The molecule has 0 aliphatic rings. The maximum Gasteiger partial charge on any atom is 0.303 e. The van der Waals surface area contributed by atoms with Crippen LogP contribution in [0.1, 0.15) is 18.5 Å². The second-order valence-corrected chi connectivity index (χ2v) is 4.95. The van der Waals surface area contributed by atoms with Crippen molar-refractivity contribution in [3.63, 3.8) is 0 Å². The summed E-state index contributed by atoms with van der Waals surface area (Å²) in [7, 11) is 0. The average molecular weight is 276 g/mol. The van der Waals surface area contributed by atoms with Crippen LogP contribution in [0.5, 0.6) is 0 Å². The van der Waals surface area contributed by atoms with Crippen LogP contribution in [0, 0.1) is 0 Å². The predicted molar refractivity (Wildman–Crippen MR) is 76.5 cm³/mol. The van der Waals surface area contributed by atoms with Crippen LogP contribution in [0.3, 0.4) is 0 Å². The first kappa shape index (κ1) is 13.5. The molecule has 100 valence electrons. The molecule has 1 N–H and O–H groups in total. The molecule has 5 heteroatoms. The van der Waals surface area contributed by atoms with Crippen LogP contribution < -0.4 is 4.90 Å². The Hall–Kier alpha value is -1.88. The van der Waals surface area contributed by atoms with Crippen LogP contribution in [0.2, 0.25) is 0 Å². The summed E-state index contributed by atoms with van der Waals surface area (Å²) in [6.45, 7) is 1.43. The van der Waals surface area contributed by atoms with Crippen molar-refractivity contribution in [3.05, 3.63) is 46.9 Å². The number of rotatable bonds is 7. The standard InChI is InChI=1S/C14H16N2O2S/c17-14(18)7-4-8-16(9-12-10-19-11-15-12)13-5-2-1-3-6-13/h1-3,5-6,10-11H,4,7-9H2,(H,17,18). The fourth-order valence-corrected chi connectivity index (χ4v) is 2.42. The normalized spacial score (nSPS) is 10.3. The Labute approximate surface area is 116 Å². The first-order chi connectivity index (χ1) is 9.25. The summed E-state index contributed by atoms with van der Waals surface area (Å²) in [6.07, 6.45) is 0.828. The zero-order valence-electron chi connectivity index (χ0n) is 10.5. The zero-order chi connectivity index (χ0) is 13.5. The second kappa shape index (κ2) is 6.89. The van der Waals surface area contributed by atoms with Crippen LogP contribution >= 0.6 is 11.3 Å². The number of anilines is 1. The van der Waals surface area contributed by atoms with Gasteiger partial charge in [0, 0.05) is 24.0 Å². The minimum absolute atomic E-state index is 0.195. The van der Waals surface area contributed by atoms with Gasteiger partial charge in [0.25, 0.3) is 0 Å². The number of hydrogen-bond donors (Lipinski definition) is 1. The van der Waals surface area contributed by atoms with E-state index in [1.54, 1.807) is 11.3 Å². The summed E-state index contributed by atoms with van der Waals surface area (Å²) in [5.41, 5.74) is 3.93. The lowest BCUT2D eigenvalue weighted by Gasteiger charge is -2.23. The Morgan fingerprint density at radius 2 is 2.11 bits per heavy atom. The lowest BCUT2D eigenvalue weighted by atomic mass is 10.2. The summed E-state index contributed by atoms with van der Waals surface area (Å²) in [5.74, 6) is -0.748. The van der Waals surface area contributed by atoms with Gasteiger partial charge in [0.05, 0.1) is 17.7 Å². The van der Waals surface area contributed by atoms with E-state index in [1.807, 2.05) is 41.2 Å². The number of benzene rings is 1. The molecule has 19 heavy (non-hydrogen) atoms. The molecule has 0 spiro atoms. The predicted octanol–water partition coefficient (Wildman–Crippen LogP) is 3.01. The summed E-state index contributed by atoms with van der Waals surface area (Å²) in [4.78, 5) is 17.1. The van der Waals surface area contributed by atoms with Crippen LogP contribution in [0.4, 0.5) is 5.69 Å². The number of carboxylic acids is 1. The molecule has 0 saturated heterocycles. The van der Waals surface area contributed by atoms with Crippen molar-refractivity contribution in [3.8, 4) is 0 Å². The van der Waals surface area contributed by atoms with Crippen LogP contribution in [0.15, 0.2) is 41.2 Å². The molecule has 0 saturated carbocycles. The van der Waals surface area contributed by atoms with Gasteiger partial charge in [-0.1, -0.05) is 18.2 Å². The van der Waals surface area contributed by atoms with Crippen molar-refractivity contribution in [1.82, 2.24) is 4.98 Å². The number of para-hydroxylation sites is 1. The first-order valence-corrected chi connectivity index (χ1v) is 7.09. The third-order valence-corrected chi connectivity index (χ3v) is 3.41. The first-order valence-electron chi connectivity index (χ1n) is 6.14. The summed E-state index contributed by atoms with van der Waals surface area (Å²) in [6, 6.07) is 10.0. The molecular formula is C14H16N2O2S. The summed E-state index contributed by atoms with van der Waals surface area (Å²) in [5, 5.41) is 10.7. The third-order valence-electron chi connectivity index (χ3n) is 2.78. The molecule has 4 nitrogen and oxygen atoms in total. The number of carbonyl (C=O) groups is 1. The van der Waals surface area contributed by atoms with E-state index in [-0.39, 0.29) is 6.42 Å². The average Bonchev–Trinajstić information content (AvgIpc) is 2.91. The number of aliphatic carboxylic acids is 1. The van der Waals surface area contributed by atoms with E-state index in [4.69, 9.17) is 5.11 Å². The summed E-state index contributed by atoms with van der Waals surface area (Å²) < 4.78 is 0. The Morgan fingerprint density at radius 3 is 2.74 bits per heavy atom. The largest absolute Gasteiger partial charge is 0.481 e. The molecule has 0 atom stereocenters. The van der Waals surface area contributed by atoms with Crippen molar-refractivity contribution < 1.29 is 9.90 Å². The highest BCUT2D eigenvalue weighted by Crippen LogP contribution is 2.17. The maximum absolute atomic E-state index is 10.6. The molecule has 0 aliphatic carbocycles. The van der Waals surface area contributed by atoms with Gasteiger partial charge < -0.3 is 10.0 Å². The van der Waals surface area contributed by atoms with Gasteiger partial charge in [0.1, 0.15) is 0 Å². The third kappa shape index (κ3) is 4.37. The topological polar surface area (TPSA) is 53.4 Å². The van der Waals surface area contributed by atoms with E-state index >= 15 is 0 Å². The van der Waals surface area contributed by atoms with Crippen LogP contribution in [-0.4, -0.2) is 22.6 Å². The molecule has 0 radical (unpaired) electrons. The maximum atomic E-state index is 10.6. The molecule has 0 aliphatic heterocycles. The Bertz CT molecular complexity index is 499. The van der Waals surface area contributed by atoms with Crippen molar-refractivity contribution in [1.29, 1.82) is 0 Å². The van der Waals surface area contributed by atoms with Crippen molar-refractivity contribution in [2.24, 2.45) is 0 Å². The Morgan fingerprint density at radius 1 is 1.32 bits per heavy atom. The lowest BCUT2D eigenvalue weighted by molar-refractivity contribution is -0.137. The van der Waals surface area contributed by atoms with E-state index in [0.717, 1.165) is 11.4 Å². The Kier molecular flexibility index (Phi) is 4.92. The lowest BCUT2D eigenvalue weighted by Crippen LogP contribution is -2.24. The van der Waals surface area contributed by atoms with Gasteiger partial charge in [0.15, 0.2) is 0 Å². The Balaban J connectivity index is 2.02. The highest BCUT2D eigenvalue weighted by molar-refractivity contribution is 7.07. The highest BCUT2D eigenvalue weighted by atomic mass is 32.1. The van der Waals surface area contributed by atoms with Crippen molar-refractivity contribution in [2.45, 2.75) is 19.4 Å². The number of nitrogens with zero attached hydrogens (tertiary/aromatic N) is 2. The molecular weight excluding hydrogens is 260 g/mol. The minimum atomic E-state index is -0.748. The van der Waals surface area contributed by atoms with Gasteiger partial charge in [0.2, 0.25) is 0 Å². The number of aromatic nitrogens is 1. The van der Waals surface area contributed by atoms with E-state index in [0.29, 0.717) is 19.5 Å². The van der Waals surface area contributed by atoms with Gasteiger partial charge in [-0.25, -0.2) is 4.98 Å². The molecule has 1 aromatic heterocycles. The van der Waals surface area contributed by atoms with Gasteiger partial charge in [-0.15, -0.1) is 11.3 Å². The molecule has 0 bridgehead atoms. The van der Waals surface area contributed by atoms with Crippen LogP contribution in [0.25, 0.3) is 0 Å². The van der Waals surface area contributed by atoms with E-state index < -0.39 is 5.97 Å². The number of thiazole rings is 1. The SMILES string of the molecule is O=C(O)CCCN(Cc1cscn1)c1ccccc1. The van der Waals surface area contributed by atoms with Crippen LogP contribution in [-0.2, 0) is 11.3 Å². The van der Waals surface area contributed by atoms with Gasteiger partial charge in [-0.3, -0.25) is 4.79 Å². The van der Waals surface area contributed by atoms with Gasteiger partial charge in [-0.05, 0) is 18.6 Å². The smallest absolute Gasteiger partial charge is 0.303 e. The molecule has 0 fully saturated rings. The number of carboxylic acid groups (broad SMARTS) is 1. The van der Waals surface area contributed by atoms with Gasteiger partial charge >= 0.3 is 5.97 Å². The van der Waals surface area contributed by atoms with E-state index in [1.165, 1.54) is 0 Å². The molecule has 2 aromatic rings. The summed E-state index contributed by atoms with van der Waals surface area (Å²) >= 11 is 1.57. The fourth-order valence-electron chi connectivity index (χ4n) is 1.87. The molecule has 2 rings (SSSR count). The minimum Gasteiger partial charge on any atom is -0.481 e. The van der Waals surface area contributed by atoms with Crippen molar-refractivity contribution >= 4 is 23.0 Å².